The van der Waals surface area contributed by atoms with Gasteiger partial charge in [-0.3, -0.25) is 5.10 Å². The van der Waals surface area contributed by atoms with E-state index in [0.29, 0.717) is 25.3 Å². The minimum atomic E-state index is -0.113. The van der Waals surface area contributed by atoms with E-state index in [1.54, 1.807) is 0 Å². The predicted octanol–water partition coefficient (Wildman–Crippen LogP) is 1.34. The van der Waals surface area contributed by atoms with Gasteiger partial charge in [-0.1, -0.05) is 0 Å². The summed E-state index contributed by atoms with van der Waals surface area (Å²) in [6, 6.07) is 0.759. The summed E-state index contributed by atoms with van der Waals surface area (Å²) in [5.41, 5.74) is 0.686. The summed E-state index contributed by atoms with van der Waals surface area (Å²) in [6.07, 6.45) is 4.12. The molecule has 2 unspecified atom stereocenters. The van der Waals surface area contributed by atoms with Gasteiger partial charge in [-0.25, -0.2) is 0 Å². The van der Waals surface area contributed by atoms with Crippen LogP contribution in [0.3, 0.4) is 0 Å². The molecule has 3 saturated heterocycles. The van der Waals surface area contributed by atoms with Crippen LogP contribution in [-0.2, 0) is 9.47 Å². The van der Waals surface area contributed by atoms with E-state index in [-0.39, 0.29) is 5.54 Å². The molecule has 25 heavy (non-hydrogen) atoms. The number of ether oxygens (including phenoxy) is 2. The molecule has 0 amide bonds. The van der Waals surface area contributed by atoms with E-state index in [0.717, 1.165) is 55.4 Å². The zero-order valence-corrected chi connectivity index (χ0v) is 14.7. The van der Waals surface area contributed by atoms with Crippen molar-refractivity contribution in [1.82, 2.24) is 20.2 Å². The Morgan fingerprint density at radius 1 is 1.16 bits per heavy atom. The van der Waals surface area contributed by atoms with Gasteiger partial charge in [0.1, 0.15) is 5.82 Å². The number of hydrogen-bond acceptors (Lipinski definition) is 7. The second kappa shape index (κ2) is 5.54. The van der Waals surface area contributed by atoms with Crippen molar-refractivity contribution in [3.63, 3.8) is 0 Å². The molecule has 3 aliphatic heterocycles. The SMILES string of the molecule is CC1(C)COCCN1c1nc(N2C3CCC2COC3)nc2[nH]ncc12. The Morgan fingerprint density at radius 3 is 2.72 bits per heavy atom. The monoisotopic (exact) mass is 344 g/mol. The maximum Gasteiger partial charge on any atom is 0.230 e. The quantitative estimate of drug-likeness (QED) is 0.880. The van der Waals surface area contributed by atoms with Crippen molar-refractivity contribution >= 4 is 22.8 Å². The fourth-order valence-electron chi connectivity index (χ4n) is 4.34. The number of morpholine rings is 2. The fourth-order valence-corrected chi connectivity index (χ4v) is 4.34. The highest BCUT2D eigenvalue weighted by atomic mass is 16.5. The van der Waals surface area contributed by atoms with Gasteiger partial charge in [-0.15, -0.1) is 0 Å². The lowest BCUT2D eigenvalue weighted by atomic mass is 10.0. The van der Waals surface area contributed by atoms with E-state index >= 15 is 0 Å². The van der Waals surface area contributed by atoms with Crippen molar-refractivity contribution in [1.29, 1.82) is 0 Å². The molecule has 2 aromatic heterocycles. The van der Waals surface area contributed by atoms with E-state index in [2.05, 4.69) is 33.8 Å². The molecule has 2 atom stereocenters. The minimum Gasteiger partial charge on any atom is -0.377 e. The van der Waals surface area contributed by atoms with Crippen LogP contribution >= 0.6 is 0 Å². The number of H-pyrrole nitrogens is 1. The van der Waals surface area contributed by atoms with Crippen LogP contribution in [0.25, 0.3) is 11.0 Å². The molecule has 2 aromatic rings. The second-order valence-electron chi connectivity index (χ2n) is 7.83. The minimum absolute atomic E-state index is 0.113. The van der Waals surface area contributed by atoms with Crippen molar-refractivity contribution in [3.05, 3.63) is 6.20 Å². The maximum absolute atomic E-state index is 5.72. The summed E-state index contributed by atoms with van der Waals surface area (Å²) in [5, 5.41) is 8.23. The van der Waals surface area contributed by atoms with Crippen molar-refractivity contribution in [2.45, 2.75) is 44.3 Å². The fraction of sp³-hybridized carbons (Fsp3) is 0.706. The molecule has 8 nitrogen and oxygen atoms in total. The van der Waals surface area contributed by atoms with Gasteiger partial charge in [0, 0.05) is 6.54 Å². The third kappa shape index (κ3) is 2.38. The number of aromatic amines is 1. The Labute approximate surface area is 146 Å². The highest BCUT2D eigenvalue weighted by Gasteiger charge is 2.40. The molecule has 3 aliphatic rings. The lowest BCUT2D eigenvalue weighted by molar-refractivity contribution is 0.0640. The number of anilines is 2. The van der Waals surface area contributed by atoms with E-state index < -0.39 is 0 Å². The highest BCUT2D eigenvalue weighted by Crippen LogP contribution is 2.36. The Hall–Kier alpha value is -1.93. The number of hydrogen-bond donors (Lipinski definition) is 1. The van der Waals surface area contributed by atoms with Crippen LogP contribution in [0, 0.1) is 0 Å². The topological polar surface area (TPSA) is 79.4 Å². The maximum atomic E-state index is 5.72. The molecule has 0 saturated carbocycles. The number of nitrogens with one attached hydrogen (secondary N) is 1. The number of nitrogens with zero attached hydrogens (tertiary/aromatic N) is 5. The van der Waals surface area contributed by atoms with Gasteiger partial charge >= 0.3 is 0 Å². The predicted molar refractivity (Wildman–Crippen MR) is 94.0 cm³/mol. The average molecular weight is 344 g/mol. The van der Waals surface area contributed by atoms with E-state index in [1.165, 1.54) is 0 Å². The third-order valence-corrected chi connectivity index (χ3v) is 5.65. The normalized spacial score (nSPS) is 28.7. The van der Waals surface area contributed by atoms with Crippen LogP contribution in [0.1, 0.15) is 26.7 Å². The largest absolute Gasteiger partial charge is 0.377 e. The highest BCUT2D eigenvalue weighted by molar-refractivity contribution is 5.88. The lowest BCUT2D eigenvalue weighted by Gasteiger charge is -2.43. The molecule has 0 aromatic carbocycles. The van der Waals surface area contributed by atoms with E-state index in [1.807, 2.05) is 6.20 Å². The Morgan fingerprint density at radius 2 is 1.96 bits per heavy atom. The van der Waals surface area contributed by atoms with Crippen LogP contribution in [-0.4, -0.2) is 70.8 Å². The van der Waals surface area contributed by atoms with Crippen LogP contribution < -0.4 is 9.80 Å². The second-order valence-corrected chi connectivity index (χ2v) is 7.83. The zero-order chi connectivity index (χ0) is 17.0. The molecular weight excluding hydrogens is 320 g/mol. The van der Waals surface area contributed by atoms with Crippen molar-refractivity contribution < 1.29 is 9.47 Å². The molecular formula is C17H24N6O2. The third-order valence-electron chi connectivity index (χ3n) is 5.65. The summed E-state index contributed by atoms with van der Waals surface area (Å²) >= 11 is 0. The van der Waals surface area contributed by atoms with Gasteiger partial charge in [0.15, 0.2) is 5.65 Å². The molecule has 1 N–H and O–H groups in total. The van der Waals surface area contributed by atoms with Gasteiger partial charge in [0.05, 0.1) is 55.6 Å². The molecule has 0 radical (unpaired) electrons. The first-order valence-electron chi connectivity index (χ1n) is 9.06. The van der Waals surface area contributed by atoms with Gasteiger partial charge in [-0.2, -0.15) is 15.1 Å². The molecule has 3 fully saturated rings. The molecule has 5 heterocycles. The van der Waals surface area contributed by atoms with Crippen LogP contribution in [0.4, 0.5) is 11.8 Å². The van der Waals surface area contributed by atoms with Gasteiger partial charge in [0.25, 0.3) is 0 Å². The summed E-state index contributed by atoms with van der Waals surface area (Å²) in [7, 11) is 0. The number of rotatable bonds is 2. The molecule has 134 valence electrons. The van der Waals surface area contributed by atoms with Gasteiger partial charge in [-0.05, 0) is 26.7 Å². The van der Waals surface area contributed by atoms with Crippen LogP contribution in [0.5, 0.6) is 0 Å². The summed E-state index contributed by atoms with van der Waals surface area (Å²) < 4.78 is 11.4. The summed E-state index contributed by atoms with van der Waals surface area (Å²) in [4.78, 5) is 14.5. The summed E-state index contributed by atoms with van der Waals surface area (Å²) in [5.74, 6) is 1.75. The van der Waals surface area contributed by atoms with Gasteiger partial charge in [0.2, 0.25) is 5.95 Å². The lowest BCUT2D eigenvalue weighted by Crippen LogP contribution is -2.54. The molecule has 0 spiro atoms. The molecule has 5 rings (SSSR count). The van der Waals surface area contributed by atoms with Crippen LogP contribution in [0.15, 0.2) is 6.20 Å². The van der Waals surface area contributed by atoms with E-state index in [9.17, 15) is 0 Å². The number of fused-ring (bicyclic) bond motifs is 3. The first kappa shape index (κ1) is 15.3. The molecule has 8 heteroatoms. The van der Waals surface area contributed by atoms with Crippen LogP contribution in [0.2, 0.25) is 0 Å². The summed E-state index contributed by atoms with van der Waals surface area (Å²) in [6.45, 7) is 8.13. The van der Waals surface area contributed by atoms with Gasteiger partial charge < -0.3 is 19.3 Å². The van der Waals surface area contributed by atoms with E-state index in [4.69, 9.17) is 19.4 Å². The Kier molecular flexibility index (Phi) is 3.40. The molecule has 2 bridgehead atoms. The van der Waals surface area contributed by atoms with Crippen molar-refractivity contribution in [2.24, 2.45) is 0 Å². The Bertz CT molecular complexity index is 775. The first-order chi connectivity index (χ1) is 12.1. The zero-order valence-electron chi connectivity index (χ0n) is 14.7. The standard InChI is InChI=1S/C17H24N6O2/c1-17(2)10-24-6-5-22(17)15-13-7-18-21-14(13)19-16(20-15)23-11-3-4-12(23)9-25-8-11/h7,11-12H,3-6,8-10H2,1-2H3,(H,18,19,20,21). The molecule has 0 aliphatic carbocycles. The number of aromatic nitrogens is 4. The Balaban J connectivity index is 1.62. The van der Waals surface area contributed by atoms with Crippen molar-refractivity contribution in [2.75, 3.05) is 42.8 Å². The average Bonchev–Trinajstić information content (AvgIpc) is 3.16. The first-order valence-corrected chi connectivity index (χ1v) is 9.06. The smallest absolute Gasteiger partial charge is 0.230 e. The van der Waals surface area contributed by atoms with Crippen molar-refractivity contribution in [3.8, 4) is 0 Å².